The Labute approximate surface area is 105 Å². The molecule has 0 bridgehead atoms. The minimum atomic E-state index is -3.22. The third kappa shape index (κ3) is 7.20. The molecule has 0 aromatic rings. The van der Waals surface area contributed by atoms with Gasteiger partial charge in [0.05, 0.1) is 11.8 Å². The van der Waals surface area contributed by atoms with Gasteiger partial charge in [-0.05, 0) is 6.42 Å². The zero-order chi connectivity index (χ0) is 14.3. The molecule has 0 radical (unpaired) electrons. The van der Waals surface area contributed by atoms with Gasteiger partial charge in [0.15, 0.2) is 0 Å². The number of aliphatic hydroxyl groups is 1. The van der Waals surface area contributed by atoms with Gasteiger partial charge in [-0.1, -0.05) is 0 Å². The van der Waals surface area contributed by atoms with Crippen molar-refractivity contribution in [1.29, 1.82) is 0 Å². The zero-order valence-electron chi connectivity index (χ0n) is 10.00. The number of hydrogen-bond acceptors (Lipinski definition) is 6. The predicted octanol–water partition coefficient (Wildman–Crippen LogP) is -2.30. The zero-order valence-corrected chi connectivity index (χ0v) is 10.8. The van der Waals surface area contributed by atoms with Crippen LogP contribution in [0.25, 0.3) is 0 Å². The summed E-state index contributed by atoms with van der Waals surface area (Å²) in [6.07, 6.45) is 0.791. The van der Waals surface area contributed by atoms with Crippen LogP contribution in [0, 0.1) is 0 Å². The van der Waals surface area contributed by atoms with Gasteiger partial charge in [-0.2, -0.15) is 0 Å². The summed E-state index contributed by atoms with van der Waals surface area (Å²) in [7, 11) is -3.22. The van der Waals surface area contributed by atoms with Gasteiger partial charge in [0, 0.05) is 19.3 Å². The Hall–Kier alpha value is -1.19. The van der Waals surface area contributed by atoms with Crippen molar-refractivity contribution in [3.8, 4) is 0 Å². The number of carbonyl (C=O) groups is 2. The molecule has 0 saturated carbocycles. The maximum atomic E-state index is 11.5. The topological polar surface area (TPSA) is 147 Å². The Morgan fingerprint density at radius 3 is 2.28 bits per heavy atom. The molecule has 0 fully saturated rings. The number of rotatable bonds is 8. The molecule has 2 unspecified atom stereocenters. The fraction of sp³-hybridized carbons (Fsp3) is 0.778. The number of carboxylic acids is 1. The molecule has 9 heteroatoms. The Balaban J connectivity index is 4.33. The number of carbonyl (C=O) groups excluding carboxylic acids is 1. The van der Waals surface area contributed by atoms with Crippen LogP contribution < -0.4 is 11.1 Å². The van der Waals surface area contributed by atoms with Crippen molar-refractivity contribution in [3.05, 3.63) is 0 Å². The molecule has 0 spiro atoms. The lowest BCUT2D eigenvalue weighted by atomic mass is 10.1. The summed E-state index contributed by atoms with van der Waals surface area (Å²) in [5.74, 6) is -2.29. The highest BCUT2D eigenvalue weighted by Gasteiger charge is 2.23. The number of hydrogen-bond donors (Lipinski definition) is 4. The van der Waals surface area contributed by atoms with Crippen LogP contribution in [-0.4, -0.2) is 61.2 Å². The number of aliphatic carboxylic acids is 1. The van der Waals surface area contributed by atoms with Gasteiger partial charge in [-0.25, -0.2) is 13.2 Å². The summed E-state index contributed by atoms with van der Waals surface area (Å²) in [4.78, 5) is 22.2. The van der Waals surface area contributed by atoms with Crippen LogP contribution in [0.1, 0.15) is 12.8 Å². The Morgan fingerprint density at radius 1 is 1.33 bits per heavy atom. The number of nitrogens with two attached hydrogens (primary N) is 1. The van der Waals surface area contributed by atoms with Gasteiger partial charge in [0.1, 0.15) is 15.9 Å². The van der Waals surface area contributed by atoms with Crippen molar-refractivity contribution in [2.45, 2.75) is 24.9 Å². The van der Waals surface area contributed by atoms with Crippen LogP contribution >= 0.6 is 0 Å². The summed E-state index contributed by atoms with van der Waals surface area (Å²) in [6.45, 7) is -0.393. The summed E-state index contributed by atoms with van der Waals surface area (Å²) < 4.78 is 21.8. The Bertz CT molecular complexity index is 394. The molecule has 0 rings (SSSR count). The molecular formula is C9H18N2O6S. The predicted molar refractivity (Wildman–Crippen MR) is 63.6 cm³/mol. The van der Waals surface area contributed by atoms with Gasteiger partial charge < -0.3 is 21.3 Å². The monoisotopic (exact) mass is 282 g/mol. The smallest absolute Gasteiger partial charge is 0.326 e. The highest BCUT2D eigenvalue weighted by atomic mass is 32.2. The van der Waals surface area contributed by atoms with Crippen molar-refractivity contribution < 1.29 is 28.2 Å². The quantitative estimate of drug-likeness (QED) is 0.391. The average Bonchev–Trinajstić information content (AvgIpc) is 2.23. The summed E-state index contributed by atoms with van der Waals surface area (Å²) in [6, 6.07) is -2.33. The number of aliphatic hydroxyl groups excluding tert-OH is 1. The van der Waals surface area contributed by atoms with Gasteiger partial charge in [-0.15, -0.1) is 0 Å². The van der Waals surface area contributed by atoms with Crippen LogP contribution in [-0.2, 0) is 19.4 Å². The van der Waals surface area contributed by atoms with Gasteiger partial charge in [-0.3, -0.25) is 4.79 Å². The number of sulfone groups is 1. The molecule has 0 aliphatic heterocycles. The molecule has 18 heavy (non-hydrogen) atoms. The van der Waals surface area contributed by atoms with E-state index < -0.39 is 40.4 Å². The first-order valence-electron chi connectivity index (χ1n) is 5.24. The molecular weight excluding hydrogens is 264 g/mol. The first kappa shape index (κ1) is 16.8. The van der Waals surface area contributed by atoms with Gasteiger partial charge >= 0.3 is 5.97 Å². The maximum Gasteiger partial charge on any atom is 0.326 e. The highest BCUT2D eigenvalue weighted by molar-refractivity contribution is 7.90. The molecule has 0 aromatic heterocycles. The van der Waals surface area contributed by atoms with E-state index in [1.165, 1.54) is 0 Å². The number of nitrogens with one attached hydrogen (secondary N) is 1. The molecule has 0 aromatic carbocycles. The first-order chi connectivity index (χ1) is 8.17. The van der Waals surface area contributed by atoms with Crippen molar-refractivity contribution in [2.24, 2.45) is 5.73 Å². The average molecular weight is 282 g/mol. The van der Waals surface area contributed by atoms with E-state index in [0.29, 0.717) is 0 Å². The third-order valence-electron chi connectivity index (χ3n) is 2.17. The largest absolute Gasteiger partial charge is 0.480 e. The van der Waals surface area contributed by atoms with Crippen molar-refractivity contribution in [3.63, 3.8) is 0 Å². The van der Waals surface area contributed by atoms with E-state index in [0.717, 1.165) is 6.26 Å². The van der Waals surface area contributed by atoms with E-state index in [1.54, 1.807) is 0 Å². The second-order valence-electron chi connectivity index (χ2n) is 3.94. The Kier molecular flexibility index (Phi) is 6.81. The van der Waals surface area contributed by atoms with Gasteiger partial charge in [0.2, 0.25) is 5.91 Å². The van der Waals surface area contributed by atoms with E-state index in [4.69, 9.17) is 15.9 Å². The van der Waals surface area contributed by atoms with Crippen LogP contribution in [0.2, 0.25) is 0 Å². The fourth-order valence-corrected chi connectivity index (χ4v) is 1.82. The molecule has 8 nitrogen and oxygen atoms in total. The highest BCUT2D eigenvalue weighted by Crippen LogP contribution is 1.97. The maximum absolute atomic E-state index is 11.5. The van der Waals surface area contributed by atoms with E-state index in [9.17, 15) is 18.0 Å². The van der Waals surface area contributed by atoms with Crippen molar-refractivity contribution >= 4 is 21.7 Å². The van der Waals surface area contributed by atoms with E-state index in [-0.39, 0.29) is 18.6 Å². The lowest BCUT2D eigenvalue weighted by Crippen LogP contribution is -2.49. The van der Waals surface area contributed by atoms with Crippen LogP contribution in [0.3, 0.4) is 0 Å². The third-order valence-corrected chi connectivity index (χ3v) is 3.15. The summed E-state index contributed by atoms with van der Waals surface area (Å²) in [5.41, 5.74) is 5.44. The number of amides is 1. The fourth-order valence-electron chi connectivity index (χ4n) is 1.14. The van der Waals surface area contributed by atoms with E-state index in [1.807, 2.05) is 0 Å². The van der Waals surface area contributed by atoms with Crippen molar-refractivity contribution in [1.82, 2.24) is 5.32 Å². The standard InChI is InChI=1S/C9H18N2O6S/c1-18(16,17)5-3-6(10)8(13)11-7(2-4-12)9(14)15/h6-7,12H,2-5,10H2,1H3,(H,11,13)(H,14,15). The number of carboxylic acid groups (broad SMARTS) is 1. The van der Waals surface area contributed by atoms with Crippen LogP contribution in [0.4, 0.5) is 0 Å². The SMILES string of the molecule is CS(=O)(=O)CCC(N)C(=O)NC(CCO)C(=O)O. The minimum absolute atomic E-state index is 0.0872. The van der Waals surface area contributed by atoms with E-state index in [2.05, 4.69) is 5.32 Å². The summed E-state index contributed by atoms with van der Waals surface area (Å²) in [5, 5.41) is 19.5. The lowest BCUT2D eigenvalue weighted by molar-refractivity contribution is -0.142. The molecule has 106 valence electrons. The molecule has 5 N–H and O–H groups in total. The summed E-state index contributed by atoms with van der Waals surface area (Å²) >= 11 is 0. The molecule has 1 amide bonds. The van der Waals surface area contributed by atoms with Crippen LogP contribution in [0.5, 0.6) is 0 Å². The van der Waals surface area contributed by atoms with Gasteiger partial charge in [0.25, 0.3) is 0 Å². The normalized spacial score (nSPS) is 14.8. The second-order valence-corrected chi connectivity index (χ2v) is 6.20. The molecule has 0 aliphatic carbocycles. The van der Waals surface area contributed by atoms with Crippen LogP contribution in [0.15, 0.2) is 0 Å². The van der Waals surface area contributed by atoms with E-state index >= 15 is 0 Å². The molecule has 0 heterocycles. The second kappa shape index (κ2) is 7.29. The van der Waals surface area contributed by atoms with Crippen molar-refractivity contribution in [2.75, 3.05) is 18.6 Å². The Morgan fingerprint density at radius 2 is 1.89 bits per heavy atom. The molecule has 0 saturated heterocycles. The first-order valence-corrected chi connectivity index (χ1v) is 7.30. The lowest BCUT2D eigenvalue weighted by Gasteiger charge is -2.16. The minimum Gasteiger partial charge on any atom is -0.480 e. The molecule has 0 aliphatic rings. The molecule has 2 atom stereocenters.